The topological polar surface area (TPSA) is 46.5 Å². The van der Waals surface area contributed by atoms with Crippen molar-refractivity contribution in [3.05, 3.63) is 24.0 Å². The lowest BCUT2D eigenvalue weighted by molar-refractivity contribution is -0.132. The summed E-state index contributed by atoms with van der Waals surface area (Å²) in [6.45, 7) is 4.85. The number of ether oxygens (including phenoxy) is 1. The number of aliphatic carboxylic acids is 1. The van der Waals surface area contributed by atoms with E-state index in [1.807, 2.05) is 0 Å². The van der Waals surface area contributed by atoms with Crippen LogP contribution in [0, 0.1) is 0 Å². The first kappa shape index (κ1) is 8.75. The molecule has 0 aromatic heterocycles. The maximum Gasteiger partial charge on any atom is 0.335 e. The summed E-state index contributed by atoms with van der Waals surface area (Å²) in [4.78, 5) is 10.3. The number of carboxylic acids is 1. The average Bonchev–Trinajstić information content (AvgIpc) is 1.90. The highest BCUT2D eigenvalue weighted by atomic mass is 16.5. The van der Waals surface area contributed by atoms with Crippen LogP contribution in [0.3, 0.4) is 0 Å². The summed E-state index contributed by atoms with van der Waals surface area (Å²) in [6.07, 6.45) is 1.36. The predicted octanol–water partition coefficient (Wildman–Crippen LogP) is 1.18. The van der Waals surface area contributed by atoms with E-state index < -0.39 is 5.97 Å². The first-order valence-electron chi connectivity index (χ1n) is 2.74. The smallest absolute Gasteiger partial charge is 0.335 e. The zero-order valence-corrected chi connectivity index (χ0v) is 6.05. The third-order valence-electron chi connectivity index (χ3n) is 1.10. The van der Waals surface area contributed by atoms with Crippen LogP contribution >= 0.6 is 0 Å². The first-order valence-corrected chi connectivity index (χ1v) is 2.74. The molecular weight excluding hydrogens is 132 g/mol. The summed E-state index contributed by atoms with van der Waals surface area (Å²) in [5.74, 6) is -0.691. The second kappa shape index (κ2) is 3.71. The Morgan fingerprint density at radius 3 is 2.30 bits per heavy atom. The zero-order valence-electron chi connectivity index (χ0n) is 6.05. The van der Waals surface area contributed by atoms with E-state index in [1.54, 1.807) is 0 Å². The highest BCUT2D eigenvalue weighted by Crippen LogP contribution is 2.04. The molecule has 0 fully saturated rings. The molecule has 0 atom stereocenters. The molecule has 3 nitrogen and oxygen atoms in total. The lowest BCUT2D eigenvalue weighted by Gasteiger charge is -2.00. The highest BCUT2D eigenvalue weighted by molar-refractivity contribution is 5.86. The van der Waals surface area contributed by atoms with Gasteiger partial charge in [0.2, 0.25) is 0 Å². The number of hydrogen-bond donors (Lipinski definition) is 1. The van der Waals surface area contributed by atoms with Crippen LogP contribution in [0.2, 0.25) is 0 Å². The van der Waals surface area contributed by atoms with E-state index >= 15 is 0 Å². The monoisotopic (exact) mass is 142 g/mol. The fourth-order valence-electron chi connectivity index (χ4n) is 0.495. The van der Waals surface area contributed by atoms with Crippen LogP contribution < -0.4 is 0 Å². The van der Waals surface area contributed by atoms with E-state index in [1.165, 1.54) is 20.1 Å². The minimum Gasteiger partial charge on any atom is -0.496 e. The number of carboxylic acid groups (broad SMARTS) is 1. The Morgan fingerprint density at radius 1 is 1.70 bits per heavy atom. The molecule has 0 spiro atoms. The molecule has 0 aromatic rings. The molecule has 56 valence electrons. The summed E-state index contributed by atoms with van der Waals surface area (Å²) in [7, 11) is 1.41. The second-order valence-electron chi connectivity index (χ2n) is 1.70. The molecule has 0 aliphatic rings. The van der Waals surface area contributed by atoms with Gasteiger partial charge in [0.1, 0.15) is 5.76 Å². The molecule has 3 heteroatoms. The van der Waals surface area contributed by atoms with Crippen molar-refractivity contribution in [3.63, 3.8) is 0 Å². The van der Waals surface area contributed by atoms with Gasteiger partial charge in [0.25, 0.3) is 0 Å². The third kappa shape index (κ3) is 1.93. The van der Waals surface area contributed by atoms with Crippen LogP contribution in [0.5, 0.6) is 0 Å². The summed E-state index contributed by atoms with van der Waals surface area (Å²) in [6, 6.07) is 0. The molecule has 0 aliphatic heterocycles. The second-order valence-corrected chi connectivity index (χ2v) is 1.70. The normalized spacial score (nSPS) is 11.8. The van der Waals surface area contributed by atoms with E-state index in [4.69, 9.17) is 9.84 Å². The van der Waals surface area contributed by atoms with Crippen LogP contribution in [0.4, 0.5) is 0 Å². The molecule has 0 rings (SSSR count). The lowest BCUT2D eigenvalue weighted by Crippen LogP contribution is -2.00. The summed E-state index contributed by atoms with van der Waals surface area (Å²) in [5.41, 5.74) is 0.164. The first-order chi connectivity index (χ1) is 4.63. The molecule has 0 amide bonds. The van der Waals surface area contributed by atoms with Gasteiger partial charge >= 0.3 is 5.97 Å². The van der Waals surface area contributed by atoms with Gasteiger partial charge in [-0.15, -0.1) is 0 Å². The Kier molecular flexibility index (Phi) is 3.25. The highest BCUT2D eigenvalue weighted by Gasteiger charge is 2.05. The SMILES string of the molecule is C=C/C(OC)=C(\C)C(=O)O. The molecule has 0 aromatic carbocycles. The van der Waals surface area contributed by atoms with Gasteiger partial charge in [0.15, 0.2) is 0 Å². The van der Waals surface area contributed by atoms with Gasteiger partial charge in [-0.25, -0.2) is 4.79 Å². The molecule has 0 saturated heterocycles. The molecule has 0 aliphatic carbocycles. The van der Waals surface area contributed by atoms with Crippen LogP contribution in [0.25, 0.3) is 0 Å². The molecule has 10 heavy (non-hydrogen) atoms. The molecule has 0 unspecified atom stereocenters. The fraction of sp³-hybridized carbons (Fsp3) is 0.286. The third-order valence-corrected chi connectivity index (χ3v) is 1.10. The Balaban J connectivity index is 4.59. The van der Waals surface area contributed by atoms with Crippen molar-refractivity contribution in [3.8, 4) is 0 Å². The van der Waals surface area contributed by atoms with Crippen molar-refractivity contribution in [2.45, 2.75) is 6.92 Å². The van der Waals surface area contributed by atoms with E-state index in [2.05, 4.69) is 6.58 Å². The Hall–Kier alpha value is -1.25. The van der Waals surface area contributed by atoms with Crippen molar-refractivity contribution in [2.24, 2.45) is 0 Å². The van der Waals surface area contributed by atoms with E-state index in [-0.39, 0.29) is 5.57 Å². The Morgan fingerprint density at radius 2 is 2.20 bits per heavy atom. The van der Waals surface area contributed by atoms with Crippen LogP contribution in [-0.4, -0.2) is 18.2 Å². The van der Waals surface area contributed by atoms with Gasteiger partial charge in [0.05, 0.1) is 12.7 Å². The number of rotatable bonds is 3. The fourth-order valence-corrected chi connectivity index (χ4v) is 0.495. The zero-order chi connectivity index (χ0) is 8.15. The van der Waals surface area contributed by atoms with Gasteiger partial charge in [-0.1, -0.05) is 6.58 Å². The number of carbonyl (C=O) groups is 1. The van der Waals surface area contributed by atoms with Crippen LogP contribution in [-0.2, 0) is 9.53 Å². The van der Waals surface area contributed by atoms with Gasteiger partial charge in [-0.2, -0.15) is 0 Å². The van der Waals surface area contributed by atoms with Crippen molar-refractivity contribution >= 4 is 5.97 Å². The van der Waals surface area contributed by atoms with Crippen molar-refractivity contribution in [2.75, 3.05) is 7.11 Å². The van der Waals surface area contributed by atoms with E-state index in [0.717, 1.165) is 0 Å². The van der Waals surface area contributed by atoms with Gasteiger partial charge in [0, 0.05) is 0 Å². The van der Waals surface area contributed by atoms with Crippen molar-refractivity contribution < 1.29 is 14.6 Å². The molecular formula is C7H10O3. The summed E-state index contributed by atoms with van der Waals surface area (Å²) >= 11 is 0. The minimum absolute atomic E-state index is 0.164. The number of hydrogen-bond acceptors (Lipinski definition) is 2. The largest absolute Gasteiger partial charge is 0.496 e. The summed E-state index contributed by atoms with van der Waals surface area (Å²) in [5, 5.41) is 8.43. The molecule has 0 bridgehead atoms. The standard InChI is InChI=1S/C7H10O3/c1-4-6(10-3)5(2)7(8)9/h4H,1H2,2-3H3,(H,8,9)/b6-5-. The van der Waals surface area contributed by atoms with Crippen molar-refractivity contribution in [1.82, 2.24) is 0 Å². The van der Waals surface area contributed by atoms with Gasteiger partial charge < -0.3 is 9.84 Å². The molecule has 0 radical (unpaired) electrons. The average molecular weight is 142 g/mol. The number of methoxy groups -OCH3 is 1. The van der Waals surface area contributed by atoms with Crippen molar-refractivity contribution in [1.29, 1.82) is 0 Å². The molecule has 1 N–H and O–H groups in total. The number of allylic oxidation sites excluding steroid dienone is 1. The van der Waals surface area contributed by atoms with Gasteiger partial charge in [-0.3, -0.25) is 0 Å². The maximum absolute atomic E-state index is 10.3. The van der Waals surface area contributed by atoms with Crippen LogP contribution in [0.15, 0.2) is 24.0 Å². The molecule has 0 saturated carbocycles. The predicted molar refractivity (Wildman–Crippen MR) is 37.5 cm³/mol. The summed E-state index contributed by atoms with van der Waals surface area (Å²) < 4.78 is 4.70. The lowest BCUT2D eigenvalue weighted by atomic mass is 10.2. The Labute approximate surface area is 59.6 Å². The van der Waals surface area contributed by atoms with Gasteiger partial charge in [-0.05, 0) is 13.0 Å². The maximum atomic E-state index is 10.3. The minimum atomic E-state index is -0.989. The van der Waals surface area contributed by atoms with Crippen LogP contribution in [0.1, 0.15) is 6.92 Å². The van der Waals surface area contributed by atoms with E-state index in [0.29, 0.717) is 5.76 Å². The Bertz CT molecular complexity index is 179. The molecule has 0 heterocycles. The van der Waals surface area contributed by atoms with E-state index in [9.17, 15) is 4.79 Å². The quantitative estimate of drug-likeness (QED) is 0.365.